The molecule has 0 N–H and O–H groups in total. The van der Waals surface area contributed by atoms with Gasteiger partial charge in [0.25, 0.3) is 5.91 Å². The smallest absolute Gasteiger partial charge is 0.259 e. The first kappa shape index (κ1) is 14.5. The van der Waals surface area contributed by atoms with Gasteiger partial charge in [0, 0.05) is 17.6 Å². The lowest BCUT2D eigenvalue weighted by molar-refractivity contribution is 0.0749. The SMILES string of the molecule is CCOc1ncccc1C(=O)N(CC)Cc1cccs1. The summed E-state index contributed by atoms with van der Waals surface area (Å²) in [6.07, 6.45) is 1.64. The molecule has 5 heteroatoms. The predicted octanol–water partition coefficient (Wildman–Crippen LogP) is 3.20. The first-order chi connectivity index (χ1) is 9.76. The number of ether oxygens (including phenoxy) is 1. The molecule has 106 valence electrons. The summed E-state index contributed by atoms with van der Waals surface area (Å²) in [7, 11) is 0. The van der Waals surface area contributed by atoms with Crippen molar-refractivity contribution < 1.29 is 9.53 Å². The van der Waals surface area contributed by atoms with E-state index in [1.165, 1.54) is 4.88 Å². The standard InChI is InChI=1S/C15H18N2O2S/c1-3-17(11-12-7-6-10-20-12)15(18)13-8-5-9-16-14(13)19-4-2/h5-10H,3-4,11H2,1-2H3. The highest BCUT2D eigenvalue weighted by Crippen LogP contribution is 2.19. The number of carbonyl (C=O) groups is 1. The maximum atomic E-state index is 12.6. The van der Waals surface area contributed by atoms with Crippen molar-refractivity contribution in [3.05, 3.63) is 46.3 Å². The Bertz CT molecular complexity index is 555. The second kappa shape index (κ2) is 7.05. The summed E-state index contributed by atoms with van der Waals surface area (Å²) < 4.78 is 5.43. The highest BCUT2D eigenvalue weighted by atomic mass is 32.1. The fraction of sp³-hybridized carbons (Fsp3) is 0.333. The number of carbonyl (C=O) groups excluding carboxylic acids is 1. The van der Waals surface area contributed by atoms with Crippen molar-refractivity contribution in [1.29, 1.82) is 0 Å². The second-order valence-corrected chi connectivity index (χ2v) is 5.22. The van der Waals surface area contributed by atoms with Gasteiger partial charge in [0.1, 0.15) is 5.56 Å². The number of hydrogen-bond acceptors (Lipinski definition) is 4. The number of amides is 1. The highest BCUT2D eigenvalue weighted by Gasteiger charge is 2.19. The Kier molecular flexibility index (Phi) is 5.12. The maximum absolute atomic E-state index is 12.6. The largest absolute Gasteiger partial charge is 0.477 e. The summed E-state index contributed by atoms with van der Waals surface area (Å²) >= 11 is 1.65. The molecule has 0 unspecified atom stereocenters. The fourth-order valence-electron chi connectivity index (χ4n) is 1.89. The van der Waals surface area contributed by atoms with Crippen molar-refractivity contribution in [3.63, 3.8) is 0 Å². The topological polar surface area (TPSA) is 42.4 Å². The van der Waals surface area contributed by atoms with Crippen molar-refractivity contribution in [1.82, 2.24) is 9.88 Å². The van der Waals surface area contributed by atoms with E-state index in [1.807, 2.05) is 31.4 Å². The van der Waals surface area contributed by atoms with Crippen molar-refractivity contribution in [2.75, 3.05) is 13.2 Å². The lowest BCUT2D eigenvalue weighted by Gasteiger charge is -2.21. The van der Waals surface area contributed by atoms with Crippen LogP contribution in [0.25, 0.3) is 0 Å². The molecule has 0 bridgehead atoms. The van der Waals surface area contributed by atoms with E-state index >= 15 is 0 Å². The Labute approximate surface area is 123 Å². The Morgan fingerprint density at radius 1 is 1.35 bits per heavy atom. The zero-order valence-electron chi connectivity index (χ0n) is 11.7. The van der Waals surface area contributed by atoms with E-state index in [9.17, 15) is 4.79 Å². The van der Waals surface area contributed by atoms with Crippen LogP contribution in [-0.4, -0.2) is 28.9 Å². The summed E-state index contributed by atoms with van der Waals surface area (Å²) in [6, 6.07) is 7.55. The zero-order valence-corrected chi connectivity index (χ0v) is 12.5. The maximum Gasteiger partial charge on any atom is 0.259 e. The molecule has 0 aromatic carbocycles. The van der Waals surface area contributed by atoms with Crippen LogP contribution >= 0.6 is 11.3 Å². The lowest BCUT2D eigenvalue weighted by Crippen LogP contribution is -2.30. The number of rotatable bonds is 6. The van der Waals surface area contributed by atoms with Crippen molar-refractivity contribution >= 4 is 17.2 Å². The van der Waals surface area contributed by atoms with Gasteiger partial charge in [-0.15, -0.1) is 11.3 Å². The molecule has 0 aliphatic rings. The second-order valence-electron chi connectivity index (χ2n) is 4.19. The molecule has 1 amide bonds. The summed E-state index contributed by atoms with van der Waals surface area (Å²) in [6.45, 7) is 5.62. The van der Waals surface area contributed by atoms with E-state index in [-0.39, 0.29) is 5.91 Å². The minimum Gasteiger partial charge on any atom is -0.477 e. The van der Waals surface area contributed by atoms with Gasteiger partial charge in [-0.05, 0) is 37.4 Å². The summed E-state index contributed by atoms with van der Waals surface area (Å²) in [5.41, 5.74) is 0.521. The fourth-order valence-corrected chi connectivity index (χ4v) is 2.61. The van der Waals surface area contributed by atoms with Gasteiger partial charge in [-0.2, -0.15) is 0 Å². The van der Waals surface area contributed by atoms with Gasteiger partial charge in [-0.1, -0.05) is 6.07 Å². The monoisotopic (exact) mass is 290 g/mol. The molecule has 2 aromatic heterocycles. The molecule has 0 fully saturated rings. The Hall–Kier alpha value is -1.88. The van der Waals surface area contributed by atoms with E-state index in [1.54, 1.807) is 34.6 Å². The number of hydrogen-bond donors (Lipinski definition) is 0. The predicted molar refractivity (Wildman–Crippen MR) is 80.1 cm³/mol. The van der Waals surface area contributed by atoms with Gasteiger partial charge >= 0.3 is 0 Å². The molecule has 0 aliphatic heterocycles. The quantitative estimate of drug-likeness (QED) is 0.820. The number of pyridine rings is 1. The Balaban J connectivity index is 2.20. The zero-order chi connectivity index (χ0) is 14.4. The lowest BCUT2D eigenvalue weighted by atomic mass is 10.2. The van der Waals surface area contributed by atoms with Gasteiger partial charge in [-0.25, -0.2) is 4.98 Å². The van der Waals surface area contributed by atoms with E-state index < -0.39 is 0 Å². The summed E-state index contributed by atoms with van der Waals surface area (Å²) in [4.78, 5) is 19.7. The van der Waals surface area contributed by atoms with Crippen LogP contribution < -0.4 is 4.74 Å². The van der Waals surface area contributed by atoms with Crippen LogP contribution in [0.5, 0.6) is 5.88 Å². The van der Waals surface area contributed by atoms with Crippen LogP contribution in [-0.2, 0) is 6.54 Å². The van der Waals surface area contributed by atoms with Crippen molar-refractivity contribution in [3.8, 4) is 5.88 Å². The molecule has 2 aromatic rings. The van der Waals surface area contributed by atoms with Gasteiger partial charge in [-0.3, -0.25) is 4.79 Å². The minimum absolute atomic E-state index is 0.0440. The van der Waals surface area contributed by atoms with E-state index in [4.69, 9.17) is 4.74 Å². The first-order valence-electron chi connectivity index (χ1n) is 6.65. The minimum atomic E-state index is -0.0440. The average Bonchev–Trinajstić information content (AvgIpc) is 2.98. The molecule has 2 heterocycles. The van der Waals surface area contributed by atoms with Gasteiger partial charge in [0.2, 0.25) is 5.88 Å². The van der Waals surface area contributed by atoms with Gasteiger partial charge < -0.3 is 9.64 Å². The van der Waals surface area contributed by atoms with E-state index in [2.05, 4.69) is 4.98 Å². The molecule has 0 saturated heterocycles. The van der Waals surface area contributed by atoms with Crippen LogP contribution in [0, 0.1) is 0 Å². The average molecular weight is 290 g/mol. The van der Waals surface area contributed by atoms with Gasteiger partial charge in [0.05, 0.1) is 13.2 Å². The van der Waals surface area contributed by atoms with E-state index in [0.717, 1.165) is 0 Å². The van der Waals surface area contributed by atoms with Crippen LogP contribution in [0.1, 0.15) is 29.1 Å². The third-order valence-corrected chi connectivity index (χ3v) is 3.74. The van der Waals surface area contributed by atoms with Crippen LogP contribution in [0.3, 0.4) is 0 Å². The number of nitrogens with zero attached hydrogens (tertiary/aromatic N) is 2. The van der Waals surface area contributed by atoms with Crippen molar-refractivity contribution in [2.24, 2.45) is 0 Å². The molecule has 4 nitrogen and oxygen atoms in total. The molecule has 2 rings (SSSR count). The molecule has 20 heavy (non-hydrogen) atoms. The van der Waals surface area contributed by atoms with Crippen LogP contribution in [0.2, 0.25) is 0 Å². The number of aromatic nitrogens is 1. The van der Waals surface area contributed by atoms with Crippen LogP contribution in [0.4, 0.5) is 0 Å². The normalized spacial score (nSPS) is 10.3. The summed E-state index contributed by atoms with van der Waals surface area (Å²) in [5, 5.41) is 2.02. The Morgan fingerprint density at radius 2 is 2.20 bits per heavy atom. The molecule has 0 atom stereocenters. The highest BCUT2D eigenvalue weighted by molar-refractivity contribution is 7.09. The molecular weight excluding hydrogens is 272 g/mol. The third kappa shape index (κ3) is 3.36. The molecule has 0 saturated carbocycles. The summed E-state index contributed by atoms with van der Waals surface area (Å²) in [5.74, 6) is 0.363. The molecule has 0 spiro atoms. The molecule has 0 radical (unpaired) electrons. The number of thiophene rings is 1. The molecular formula is C15H18N2O2S. The van der Waals surface area contributed by atoms with Crippen molar-refractivity contribution in [2.45, 2.75) is 20.4 Å². The first-order valence-corrected chi connectivity index (χ1v) is 7.53. The Morgan fingerprint density at radius 3 is 2.85 bits per heavy atom. The molecule has 0 aliphatic carbocycles. The third-order valence-electron chi connectivity index (χ3n) is 2.88. The van der Waals surface area contributed by atoms with E-state index in [0.29, 0.717) is 31.1 Å². The van der Waals surface area contributed by atoms with Gasteiger partial charge in [0.15, 0.2) is 0 Å². The van der Waals surface area contributed by atoms with Crippen LogP contribution in [0.15, 0.2) is 35.8 Å².